The van der Waals surface area contributed by atoms with Gasteiger partial charge in [-0.2, -0.15) is 0 Å². The minimum Gasteiger partial charge on any atom is -0.299 e. The highest BCUT2D eigenvalue weighted by atomic mass is 19.3. The van der Waals surface area contributed by atoms with E-state index in [9.17, 15) is 18.4 Å². The Morgan fingerprint density at radius 1 is 1.55 bits per heavy atom. The van der Waals surface area contributed by atoms with Gasteiger partial charge >= 0.3 is 0 Å². The lowest BCUT2D eigenvalue weighted by molar-refractivity contribution is -0.138. The summed E-state index contributed by atoms with van der Waals surface area (Å²) in [5.74, 6) is -2.53. The summed E-state index contributed by atoms with van der Waals surface area (Å²) < 4.78 is 23.5. The second-order valence-corrected chi connectivity index (χ2v) is 2.61. The van der Waals surface area contributed by atoms with Gasteiger partial charge in [-0.3, -0.25) is 9.59 Å². The molecule has 4 heteroatoms. The number of hydrogen-bond acceptors (Lipinski definition) is 2. The molecular formula is C7H8F2O2. The Labute approximate surface area is 62.6 Å². The van der Waals surface area contributed by atoms with E-state index in [1.165, 1.54) is 0 Å². The molecule has 2 nitrogen and oxygen atoms in total. The maximum absolute atomic E-state index is 11.8. The summed E-state index contributed by atoms with van der Waals surface area (Å²) in [5.41, 5.74) is 0. The van der Waals surface area contributed by atoms with Crippen molar-refractivity contribution < 1.29 is 18.4 Å². The van der Waals surface area contributed by atoms with Crippen molar-refractivity contribution in [3.8, 4) is 0 Å². The highest BCUT2D eigenvalue weighted by Gasteiger charge is 2.35. The van der Waals surface area contributed by atoms with E-state index in [0.717, 1.165) is 0 Å². The molecule has 0 radical (unpaired) electrons. The Balaban J connectivity index is 2.60. The van der Waals surface area contributed by atoms with Crippen LogP contribution in [0.4, 0.5) is 8.78 Å². The quantitative estimate of drug-likeness (QED) is 0.571. The van der Waals surface area contributed by atoms with E-state index in [-0.39, 0.29) is 12.2 Å². The standard InChI is InChI=1S/C7H8F2O2/c8-7(9)6(11)4-2-1-3-5(4)10/h4,7H,1-3H2/t4-/m0/s1. The van der Waals surface area contributed by atoms with Gasteiger partial charge in [0.15, 0.2) is 0 Å². The molecule has 0 amide bonds. The Kier molecular flexibility index (Phi) is 2.31. The largest absolute Gasteiger partial charge is 0.299 e. The zero-order chi connectivity index (χ0) is 8.43. The minimum absolute atomic E-state index is 0.281. The lowest BCUT2D eigenvalue weighted by Crippen LogP contribution is -2.24. The van der Waals surface area contributed by atoms with Crippen LogP contribution in [0, 0.1) is 5.92 Å². The van der Waals surface area contributed by atoms with Gasteiger partial charge < -0.3 is 0 Å². The molecular weight excluding hydrogens is 154 g/mol. The van der Waals surface area contributed by atoms with E-state index in [1.807, 2.05) is 0 Å². The van der Waals surface area contributed by atoms with Crippen LogP contribution < -0.4 is 0 Å². The molecule has 1 aliphatic carbocycles. The van der Waals surface area contributed by atoms with Crippen LogP contribution in [-0.4, -0.2) is 18.0 Å². The van der Waals surface area contributed by atoms with Crippen LogP contribution in [0.3, 0.4) is 0 Å². The molecule has 1 aliphatic rings. The molecule has 0 bridgehead atoms. The summed E-state index contributed by atoms with van der Waals surface area (Å²) in [4.78, 5) is 21.4. The van der Waals surface area contributed by atoms with Crippen molar-refractivity contribution >= 4 is 11.6 Å². The average molecular weight is 162 g/mol. The normalized spacial score (nSPS) is 24.6. The third kappa shape index (κ3) is 1.61. The summed E-state index contributed by atoms with van der Waals surface area (Å²) >= 11 is 0. The van der Waals surface area contributed by atoms with Crippen molar-refractivity contribution in [2.24, 2.45) is 5.92 Å². The topological polar surface area (TPSA) is 34.1 Å². The van der Waals surface area contributed by atoms with E-state index < -0.39 is 18.1 Å². The summed E-state index contributed by atoms with van der Waals surface area (Å²) in [7, 11) is 0. The smallest absolute Gasteiger partial charge is 0.296 e. The first kappa shape index (κ1) is 8.30. The second kappa shape index (κ2) is 3.07. The van der Waals surface area contributed by atoms with E-state index >= 15 is 0 Å². The second-order valence-electron chi connectivity index (χ2n) is 2.61. The van der Waals surface area contributed by atoms with E-state index in [2.05, 4.69) is 0 Å². The monoisotopic (exact) mass is 162 g/mol. The molecule has 62 valence electrons. The summed E-state index contributed by atoms with van der Waals surface area (Å²) in [6, 6.07) is 0. The maximum Gasteiger partial charge on any atom is 0.296 e. The predicted molar refractivity (Wildman–Crippen MR) is 33.4 cm³/mol. The lowest BCUT2D eigenvalue weighted by Gasteiger charge is -2.03. The van der Waals surface area contributed by atoms with Crippen molar-refractivity contribution in [1.82, 2.24) is 0 Å². The van der Waals surface area contributed by atoms with Crippen LogP contribution in [0.25, 0.3) is 0 Å². The summed E-state index contributed by atoms with van der Waals surface area (Å²) in [5, 5.41) is 0. The van der Waals surface area contributed by atoms with Gasteiger partial charge in [0, 0.05) is 6.42 Å². The molecule has 0 aromatic carbocycles. The number of halogens is 2. The Bertz CT molecular complexity index is 189. The van der Waals surface area contributed by atoms with E-state index in [0.29, 0.717) is 12.8 Å². The molecule has 1 fully saturated rings. The fourth-order valence-electron chi connectivity index (χ4n) is 1.27. The Morgan fingerprint density at radius 2 is 2.18 bits per heavy atom. The molecule has 0 heterocycles. The number of rotatable bonds is 2. The van der Waals surface area contributed by atoms with E-state index in [1.54, 1.807) is 0 Å². The average Bonchev–Trinajstić information content (AvgIpc) is 2.33. The molecule has 0 aliphatic heterocycles. The van der Waals surface area contributed by atoms with Crippen LogP contribution in [0.2, 0.25) is 0 Å². The Morgan fingerprint density at radius 3 is 2.55 bits per heavy atom. The number of alkyl halides is 2. The van der Waals surface area contributed by atoms with Crippen LogP contribution in [-0.2, 0) is 9.59 Å². The number of Topliss-reactive ketones (excluding diaryl/α,β-unsaturated/α-hetero) is 2. The first-order valence-corrected chi connectivity index (χ1v) is 3.47. The van der Waals surface area contributed by atoms with Crippen molar-refractivity contribution in [2.45, 2.75) is 25.7 Å². The lowest BCUT2D eigenvalue weighted by atomic mass is 10.0. The molecule has 1 rings (SSSR count). The molecule has 0 spiro atoms. The van der Waals surface area contributed by atoms with Gasteiger partial charge in [0.2, 0.25) is 5.78 Å². The molecule has 0 saturated heterocycles. The van der Waals surface area contributed by atoms with Crippen molar-refractivity contribution in [3.63, 3.8) is 0 Å². The number of carbonyl (C=O) groups excluding carboxylic acids is 2. The van der Waals surface area contributed by atoms with Gasteiger partial charge in [-0.05, 0) is 12.8 Å². The van der Waals surface area contributed by atoms with Crippen molar-refractivity contribution in [3.05, 3.63) is 0 Å². The Hall–Kier alpha value is -0.800. The van der Waals surface area contributed by atoms with Gasteiger partial charge in [0.25, 0.3) is 6.43 Å². The summed E-state index contributed by atoms with van der Waals surface area (Å²) in [6.07, 6.45) is -1.82. The van der Waals surface area contributed by atoms with Gasteiger partial charge in [0.05, 0.1) is 5.92 Å². The fourth-order valence-corrected chi connectivity index (χ4v) is 1.27. The van der Waals surface area contributed by atoms with Crippen LogP contribution in [0.1, 0.15) is 19.3 Å². The van der Waals surface area contributed by atoms with Crippen LogP contribution >= 0.6 is 0 Å². The first-order valence-electron chi connectivity index (χ1n) is 3.47. The number of carbonyl (C=O) groups is 2. The zero-order valence-corrected chi connectivity index (χ0v) is 5.85. The molecule has 0 aromatic heterocycles. The SMILES string of the molecule is O=C1CCC[C@@H]1C(=O)C(F)F. The third-order valence-corrected chi connectivity index (χ3v) is 1.86. The van der Waals surface area contributed by atoms with Gasteiger partial charge in [-0.25, -0.2) is 8.78 Å². The first-order chi connectivity index (χ1) is 5.13. The highest BCUT2D eigenvalue weighted by molar-refractivity contribution is 6.04. The molecule has 0 aromatic rings. The van der Waals surface area contributed by atoms with Crippen LogP contribution in [0.5, 0.6) is 0 Å². The van der Waals surface area contributed by atoms with Crippen LogP contribution in [0.15, 0.2) is 0 Å². The minimum atomic E-state index is -2.98. The van der Waals surface area contributed by atoms with Crippen molar-refractivity contribution in [1.29, 1.82) is 0 Å². The molecule has 11 heavy (non-hydrogen) atoms. The molecule has 0 N–H and O–H groups in total. The van der Waals surface area contributed by atoms with Gasteiger partial charge in [-0.15, -0.1) is 0 Å². The number of ketones is 2. The highest BCUT2D eigenvalue weighted by Crippen LogP contribution is 2.24. The molecule has 1 atom stereocenters. The van der Waals surface area contributed by atoms with Crippen molar-refractivity contribution in [2.75, 3.05) is 0 Å². The summed E-state index contributed by atoms with van der Waals surface area (Å²) in [6.45, 7) is 0. The maximum atomic E-state index is 11.8. The molecule has 1 saturated carbocycles. The van der Waals surface area contributed by atoms with E-state index in [4.69, 9.17) is 0 Å². The zero-order valence-electron chi connectivity index (χ0n) is 5.85. The third-order valence-electron chi connectivity index (χ3n) is 1.86. The predicted octanol–water partition coefficient (Wildman–Crippen LogP) is 1.19. The van der Waals surface area contributed by atoms with Gasteiger partial charge in [0.1, 0.15) is 5.78 Å². The fraction of sp³-hybridized carbons (Fsp3) is 0.714. The van der Waals surface area contributed by atoms with Gasteiger partial charge in [-0.1, -0.05) is 0 Å². The number of hydrogen-bond donors (Lipinski definition) is 0. The molecule has 0 unspecified atom stereocenters.